The second kappa shape index (κ2) is 4.48. The highest BCUT2D eigenvalue weighted by atomic mass is 15.3. The van der Waals surface area contributed by atoms with Gasteiger partial charge in [0.1, 0.15) is 0 Å². The number of aromatic nitrogens is 3. The Morgan fingerprint density at radius 1 is 1.16 bits per heavy atom. The van der Waals surface area contributed by atoms with Crippen molar-refractivity contribution >= 4 is 5.65 Å². The van der Waals surface area contributed by atoms with E-state index < -0.39 is 0 Å². The third-order valence-electron chi connectivity index (χ3n) is 3.28. The average molecular weight is 252 g/mol. The molecule has 4 nitrogen and oxygen atoms in total. The molecule has 0 aliphatic rings. The zero-order chi connectivity index (χ0) is 13.4. The average Bonchev–Trinajstić information content (AvgIpc) is 2.73. The van der Waals surface area contributed by atoms with Crippen molar-refractivity contribution in [2.24, 2.45) is 5.73 Å². The number of nitrogens with two attached hydrogens (primary N) is 1. The van der Waals surface area contributed by atoms with Gasteiger partial charge in [0.15, 0.2) is 5.65 Å². The topological polar surface area (TPSA) is 56.2 Å². The van der Waals surface area contributed by atoms with Crippen LogP contribution in [0.1, 0.15) is 17.0 Å². The Morgan fingerprint density at radius 3 is 2.74 bits per heavy atom. The molecular weight excluding hydrogens is 236 g/mol. The van der Waals surface area contributed by atoms with Crippen LogP contribution in [0.3, 0.4) is 0 Å². The zero-order valence-electron chi connectivity index (χ0n) is 11.1. The van der Waals surface area contributed by atoms with Crippen LogP contribution < -0.4 is 5.73 Å². The molecule has 0 amide bonds. The number of aryl methyl sites for hydroxylation is 2. The summed E-state index contributed by atoms with van der Waals surface area (Å²) in [6.45, 7) is 4.48. The fourth-order valence-corrected chi connectivity index (χ4v) is 2.28. The Hall–Kier alpha value is -2.20. The molecule has 3 rings (SSSR count). The van der Waals surface area contributed by atoms with Crippen molar-refractivity contribution < 1.29 is 0 Å². The molecule has 0 aliphatic heterocycles. The van der Waals surface area contributed by atoms with E-state index in [-0.39, 0.29) is 0 Å². The van der Waals surface area contributed by atoms with Crippen LogP contribution in [-0.4, -0.2) is 14.6 Å². The van der Waals surface area contributed by atoms with Crippen LogP contribution in [0.2, 0.25) is 0 Å². The Kier molecular flexibility index (Phi) is 2.80. The molecule has 0 saturated heterocycles. The van der Waals surface area contributed by atoms with Gasteiger partial charge in [0.05, 0.1) is 17.1 Å². The first-order chi connectivity index (χ1) is 9.19. The summed E-state index contributed by atoms with van der Waals surface area (Å²) in [5, 5.41) is 4.65. The van der Waals surface area contributed by atoms with Gasteiger partial charge in [-0.05, 0) is 32.0 Å². The summed E-state index contributed by atoms with van der Waals surface area (Å²) in [6.07, 6.45) is 0. The van der Waals surface area contributed by atoms with Gasteiger partial charge in [0.2, 0.25) is 0 Å². The van der Waals surface area contributed by atoms with Crippen LogP contribution in [0.5, 0.6) is 0 Å². The smallest absolute Gasteiger partial charge is 0.154 e. The van der Waals surface area contributed by atoms with Crippen molar-refractivity contribution in [3.05, 3.63) is 53.3 Å². The van der Waals surface area contributed by atoms with Gasteiger partial charge in [-0.1, -0.05) is 23.8 Å². The first kappa shape index (κ1) is 11.9. The van der Waals surface area contributed by atoms with Crippen LogP contribution >= 0.6 is 0 Å². The Labute approximate surface area is 111 Å². The number of hydrogen-bond donors (Lipinski definition) is 1. The van der Waals surface area contributed by atoms with Crippen molar-refractivity contribution in [1.82, 2.24) is 14.6 Å². The lowest BCUT2D eigenvalue weighted by Gasteiger charge is -2.04. The van der Waals surface area contributed by atoms with Gasteiger partial charge < -0.3 is 5.73 Å². The van der Waals surface area contributed by atoms with Crippen molar-refractivity contribution in [2.45, 2.75) is 20.4 Å². The zero-order valence-corrected chi connectivity index (χ0v) is 11.1. The molecule has 0 radical (unpaired) electrons. The Morgan fingerprint density at radius 2 is 2.00 bits per heavy atom. The fraction of sp³-hybridized carbons (Fsp3) is 0.200. The van der Waals surface area contributed by atoms with E-state index in [1.54, 1.807) is 0 Å². The van der Waals surface area contributed by atoms with Crippen LogP contribution in [-0.2, 0) is 6.54 Å². The summed E-state index contributed by atoms with van der Waals surface area (Å²) in [5.74, 6) is 0. The standard InChI is InChI=1S/C15H16N4/c1-10-4-3-5-12(8-10)13-6-7-15-17-11(2)14(9-16)19(15)18-13/h3-8H,9,16H2,1-2H3. The molecule has 96 valence electrons. The maximum absolute atomic E-state index is 5.77. The Balaban J connectivity index is 2.21. The summed E-state index contributed by atoms with van der Waals surface area (Å²) >= 11 is 0. The molecule has 0 bridgehead atoms. The van der Waals surface area contributed by atoms with Crippen LogP contribution in [0.25, 0.3) is 16.9 Å². The fourth-order valence-electron chi connectivity index (χ4n) is 2.28. The lowest BCUT2D eigenvalue weighted by atomic mass is 10.1. The number of hydrogen-bond acceptors (Lipinski definition) is 3. The minimum absolute atomic E-state index is 0.442. The molecule has 0 spiro atoms. The third-order valence-corrected chi connectivity index (χ3v) is 3.28. The van der Waals surface area contributed by atoms with Gasteiger partial charge in [0, 0.05) is 12.1 Å². The van der Waals surface area contributed by atoms with E-state index in [0.717, 1.165) is 28.3 Å². The molecule has 2 aromatic heterocycles. The van der Waals surface area contributed by atoms with E-state index >= 15 is 0 Å². The van der Waals surface area contributed by atoms with Crippen LogP contribution in [0.4, 0.5) is 0 Å². The number of rotatable bonds is 2. The molecule has 3 aromatic rings. The van der Waals surface area contributed by atoms with Gasteiger partial charge in [0.25, 0.3) is 0 Å². The van der Waals surface area contributed by atoms with Crippen LogP contribution in [0.15, 0.2) is 36.4 Å². The molecule has 0 unspecified atom stereocenters. The SMILES string of the molecule is Cc1cccc(-c2ccc3nc(C)c(CN)n3n2)c1. The summed E-state index contributed by atoms with van der Waals surface area (Å²) in [5.41, 5.74) is 11.8. The summed E-state index contributed by atoms with van der Waals surface area (Å²) in [4.78, 5) is 4.46. The van der Waals surface area contributed by atoms with E-state index in [1.165, 1.54) is 5.56 Å². The van der Waals surface area contributed by atoms with Crippen molar-refractivity contribution in [1.29, 1.82) is 0 Å². The maximum atomic E-state index is 5.77. The first-order valence-corrected chi connectivity index (χ1v) is 6.31. The van der Waals surface area contributed by atoms with Crippen LogP contribution in [0, 0.1) is 13.8 Å². The summed E-state index contributed by atoms with van der Waals surface area (Å²) < 4.78 is 1.84. The molecule has 0 aliphatic carbocycles. The minimum Gasteiger partial charge on any atom is -0.325 e. The second-order valence-electron chi connectivity index (χ2n) is 4.71. The highest BCUT2D eigenvalue weighted by Crippen LogP contribution is 2.19. The molecule has 0 atom stereocenters. The number of imidazole rings is 1. The molecule has 2 heterocycles. The lowest BCUT2D eigenvalue weighted by molar-refractivity contribution is 0.843. The third kappa shape index (κ3) is 2.00. The van der Waals surface area contributed by atoms with E-state index in [1.807, 2.05) is 29.6 Å². The van der Waals surface area contributed by atoms with Gasteiger partial charge in [-0.25, -0.2) is 9.50 Å². The normalized spacial score (nSPS) is 11.1. The first-order valence-electron chi connectivity index (χ1n) is 6.31. The number of nitrogens with zero attached hydrogens (tertiary/aromatic N) is 3. The summed E-state index contributed by atoms with van der Waals surface area (Å²) in [7, 11) is 0. The Bertz CT molecular complexity index is 743. The van der Waals surface area contributed by atoms with Crippen molar-refractivity contribution in [2.75, 3.05) is 0 Å². The van der Waals surface area contributed by atoms with E-state index in [9.17, 15) is 0 Å². The predicted octanol–water partition coefficient (Wildman–Crippen LogP) is 2.47. The predicted molar refractivity (Wildman–Crippen MR) is 75.8 cm³/mol. The lowest BCUT2D eigenvalue weighted by Crippen LogP contribution is -2.05. The van der Waals surface area contributed by atoms with E-state index in [4.69, 9.17) is 5.73 Å². The molecule has 2 N–H and O–H groups in total. The van der Waals surface area contributed by atoms with E-state index in [2.05, 4.69) is 35.2 Å². The number of fused-ring (bicyclic) bond motifs is 1. The highest BCUT2D eigenvalue weighted by Gasteiger charge is 2.09. The van der Waals surface area contributed by atoms with Gasteiger partial charge in [-0.2, -0.15) is 5.10 Å². The molecule has 0 saturated carbocycles. The maximum Gasteiger partial charge on any atom is 0.154 e. The van der Waals surface area contributed by atoms with Crippen molar-refractivity contribution in [3.8, 4) is 11.3 Å². The molecule has 1 aromatic carbocycles. The van der Waals surface area contributed by atoms with Gasteiger partial charge in [-0.15, -0.1) is 0 Å². The van der Waals surface area contributed by atoms with Gasteiger partial charge in [-0.3, -0.25) is 0 Å². The highest BCUT2D eigenvalue weighted by molar-refractivity contribution is 5.61. The number of benzene rings is 1. The molecule has 4 heteroatoms. The quantitative estimate of drug-likeness (QED) is 0.762. The minimum atomic E-state index is 0.442. The molecule has 19 heavy (non-hydrogen) atoms. The molecular formula is C15H16N4. The van der Waals surface area contributed by atoms with Crippen molar-refractivity contribution in [3.63, 3.8) is 0 Å². The second-order valence-corrected chi connectivity index (χ2v) is 4.71. The van der Waals surface area contributed by atoms with Gasteiger partial charge >= 0.3 is 0 Å². The largest absolute Gasteiger partial charge is 0.325 e. The monoisotopic (exact) mass is 252 g/mol. The summed E-state index contributed by atoms with van der Waals surface area (Å²) in [6, 6.07) is 12.3. The van der Waals surface area contributed by atoms with E-state index in [0.29, 0.717) is 6.54 Å². The molecule has 0 fully saturated rings.